The van der Waals surface area contributed by atoms with Gasteiger partial charge in [0.15, 0.2) is 5.78 Å². The first-order chi connectivity index (χ1) is 11.9. The number of carbonyl (C=O) groups is 1. The minimum atomic E-state index is -0.734. The van der Waals surface area contributed by atoms with Crippen LogP contribution in [0.1, 0.15) is 28.5 Å². The largest absolute Gasteiger partial charge is 0.491 e. The number of hydrogen-bond donors (Lipinski definition) is 1. The number of aliphatic hydroxyl groups excluding tert-OH is 1. The van der Waals surface area contributed by atoms with Crippen molar-refractivity contribution in [3.8, 4) is 11.8 Å². The zero-order chi connectivity index (χ0) is 18.4. The molecule has 0 aliphatic heterocycles. The van der Waals surface area contributed by atoms with Crippen molar-refractivity contribution >= 4 is 29.1 Å². The van der Waals surface area contributed by atoms with Crippen molar-refractivity contribution in [1.29, 1.82) is 5.26 Å². The van der Waals surface area contributed by atoms with Crippen molar-refractivity contribution in [2.24, 2.45) is 0 Å². The van der Waals surface area contributed by atoms with Crippen molar-refractivity contribution in [2.45, 2.75) is 25.0 Å². The van der Waals surface area contributed by atoms with E-state index in [0.29, 0.717) is 38.4 Å². The molecule has 1 aromatic heterocycles. The highest BCUT2D eigenvalue weighted by Gasteiger charge is 2.14. The van der Waals surface area contributed by atoms with Crippen LogP contribution in [-0.4, -0.2) is 34.3 Å². The Morgan fingerprint density at radius 3 is 2.72 bits per heavy atom. The van der Waals surface area contributed by atoms with Gasteiger partial charge in [-0.05, 0) is 44.2 Å². The number of thioether (sulfide) groups is 1. The summed E-state index contributed by atoms with van der Waals surface area (Å²) in [5.74, 6) is 0.800. The minimum Gasteiger partial charge on any atom is -0.491 e. The molecule has 5 nitrogen and oxygen atoms in total. The van der Waals surface area contributed by atoms with Crippen LogP contribution >= 0.6 is 23.4 Å². The van der Waals surface area contributed by atoms with Gasteiger partial charge >= 0.3 is 0 Å². The number of aromatic nitrogens is 1. The molecule has 0 bridgehead atoms. The van der Waals surface area contributed by atoms with E-state index in [0.717, 1.165) is 0 Å². The highest BCUT2D eigenvalue weighted by atomic mass is 35.5. The molecule has 0 saturated carbocycles. The number of hydrogen-bond acceptors (Lipinski definition) is 6. The summed E-state index contributed by atoms with van der Waals surface area (Å²) in [7, 11) is 0. The average Bonchev–Trinajstić information content (AvgIpc) is 2.59. The summed E-state index contributed by atoms with van der Waals surface area (Å²) in [6.45, 7) is 3.28. The molecule has 1 heterocycles. The molecule has 0 aliphatic carbocycles. The maximum atomic E-state index is 11.5. The number of carbonyl (C=O) groups excluding carboxylic acids is 1. The monoisotopic (exact) mass is 376 g/mol. The number of benzene rings is 1. The molecular formula is C18H17ClN2O3S. The van der Waals surface area contributed by atoms with Gasteiger partial charge in [-0.3, -0.25) is 4.79 Å². The van der Waals surface area contributed by atoms with Gasteiger partial charge in [-0.25, -0.2) is 4.98 Å². The summed E-state index contributed by atoms with van der Waals surface area (Å²) < 4.78 is 5.49. The van der Waals surface area contributed by atoms with Crippen LogP contribution in [0.5, 0.6) is 5.75 Å². The summed E-state index contributed by atoms with van der Waals surface area (Å²) in [5, 5.41) is 20.4. The second-order valence-electron chi connectivity index (χ2n) is 5.37. The smallest absolute Gasteiger partial charge is 0.161 e. The maximum absolute atomic E-state index is 11.5. The topological polar surface area (TPSA) is 83.2 Å². The molecular weight excluding hydrogens is 360 g/mol. The Morgan fingerprint density at radius 1 is 1.44 bits per heavy atom. The van der Waals surface area contributed by atoms with Crippen LogP contribution in [0, 0.1) is 18.3 Å². The fourth-order valence-electron chi connectivity index (χ4n) is 2.08. The number of aryl methyl sites for hydroxylation is 1. The molecule has 1 atom stereocenters. The van der Waals surface area contributed by atoms with E-state index in [9.17, 15) is 15.2 Å². The van der Waals surface area contributed by atoms with Gasteiger partial charge in [0.1, 0.15) is 23.5 Å². The van der Waals surface area contributed by atoms with Gasteiger partial charge in [-0.15, -0.1) is 11.8 Å². The lowest BCUT2D eigenvalue weighted by molar-refractivity contribution is 0.101. The molecule has 2 aromatic rings. The normalized spacial score (nSPS) is 11.6. The van der Waals surface area contributed by atoms with Gasteiger partial charge in [0.25, 0.3) is 0 Å². The standard InChI is InChI=1S/C18H17ClN2O3S/c1-11-17(12(2)22)7-13(8-20)18(21-11)25-10-15(23)9-24-16-5-3-14(19)4-6-16/h3-7,15,23H,9-10H2,1-2H3. The first kappa shape index (κ1) is 19.3. The van der Waals surface area contributed by atoms with Crippen LogP contribution in [0.4, 0.5) is 0 Å². The van der Waals surface area contributed by atoms with Crippen LogP contribution in [0.2, 0.25) is 5.02 Å². The number of rotatable bonds is 7. The molecule has 0 spiro atoms. The summed E-state index contributed by atoms with van der Waals surface area (Å²) >= 11 is 7.06. The van der Waals surface area contributed by atoms with Crippen molar-refractivity contribution in [3.63, 3.8) is 0 Å². The Balaban J connectivity index is 1.96. The van der Waals surface area contributed by atoms with Gasteiger partial charge < -0.3 is 9.84 Å². The quantitative estimate of drug-likeness (QED) is 0.586. The number of nitriles is 1. The van der Waals surface area contributed by atoms with E-state index in [2.05, 4.69) is 4.98 Å². The molecule has 0 saturated heterocycles. The molecule has 0 radical (unpaired) electrons. The lowest BCUT2D eigenvalue weighted by Crippen LogP contribution is -2.20. The van der Waals surface area contributed by atoms with E-state index in [4.69, 9.17) is 16.3 Å². The summed E-state index contributed by atoms with van der Waals surface area (Å²) in [6, 6.07) is 10.5. The van der Waals surface area contributed by atoms with E-state index in [-0.39, 0.29) is 12.4 Å². The van der Waals surface area contributed by atoms with Crippen molar-refractivity contribution < 1.29 is 14.6 Å². The Morgan fingerprint density at radius 2 is 2.12 bits per heavy atom. The van der Waals surface area contributed by atoms with Gasteiger partial charge in [0.2, 0.25) is 0 Å². The number of halogens is 1. The van der Waals surface area contributed by atoms with E-state index >= 15 is 0 Å². The fraction of sp³-hybridized carbons (Fsp3) is 0.278. The number of aliphatic hydroxyl groups is 1. The predicted molar refractivity (Wildman–Crippen MR) is 97.4 cm³/mol. The first-order valence-electron chi connectivity index (χ1n) is 7.52. The van der Waals surface area contributed by atoms with Crippen molar-refractivity contribution in [3.05, 3.63) is 52.2 Å². The number of ether oxygens (including phenoxy) is 1. The van der Waals surface area contributed by atoms with Crippen LogP contribution in [0.3, 0.4) is 0 Å². The molecule has 130 valence electrons. The highest BCUT2D eigenvalue weighted by Crippen LogP contribution is 2.24. The Hall–Kier alpha value is -2.07. The third-order valence-electron chi connectivity index (χ3n) is 3.35. The number of Topliss-reactive ketones (excluding diaryl/α,β-unsaturated/α-hetero) is 1. The van der Waals surface area contributed by atoms with Crippen molar-refractivity contribution in [2.75, 3.05) is 12.4 Å². The molecule has 7 heteroatoms. The van der Waals surface area contributed by atoms with Gasteiger partial charge in [-0.1, -0.05) is 11.6 Å². The van der Waals surface area contributed by atoms with E-state index < -0.39 is 6.10 Å². The average molecular weight is 377 g/mol. The Bertz CT molecular complexity index is 803. The van der Waals surface area contributed by atoms with Gasteiger partial charge in [0, 0.05) is 22.0 Å². The molecule has 2 rings (SSSR count). The first-order valence-corrected chi connectivity index (χ1v) is 8.89. The minimum absolute atomic E-state index is 0.112. The Labute approximate surface area is 155 Å². The van der Waals surface area contributed by atoms with E-state index in [1.54, 1.807) is 37.3 Å². The summed E-state index contributed by atoms with van der Waals surface area (Å²) in [5.41, 5.74) is 1.33. The molecule has 25 heavy (non-hydrogen) atoms. The molecule has 0 amide bonds. The van der Waals surface area contributed by atoms with E-state index in [1.165, 1.54) is 18.7 Å². The second kappa shape index (κ2) is 8.86. The zero-order valence-corrected chi connectivity index (χ0v) is 15.4. The molecule has 0 aliphatic rings. The molecule has 1 unspecified atom stereocenters. The number of pyridine rings is 1. The van der Waals surface area contributed by atoms with Crippen molar-refractivity contribution in [1.82, 2.24) is 4.98 Å². The SMILES string of the molecule is CC(=O)c1cc(C#N)c(SCC(O)COc2ccc(Cl)cc2)nc1C. The third kappa shape index (κ3) is 5.46. The molecule has 1 aromatic carbocycles. The lowest BCUT2D eigenvalue weighted by atomic mass is 10.1. The summed E-state index contributed by atoms with van der Waals surface area (Å²) in [4.78, 5) is 15.8. The Kier molecular flexibility index (Phi) is 6.82. The number of ketones is 1. The van der Waals surface area contributed by atoms with E-state index in [1.807, 2.05) is 6.07 Å². The van der Waals surface area contributed by atoms with Crippen LogP contribution < -0.4 is 4.74 Å². The highest BCUT2D eigenvalue weighted by molar-refractivity contribution is 7.99. The zero-order valence-electron chi connectivity index (χ0n) is 13.8. The predicted octanol–water partition coefficient (Wildman–Crippen LogP) is 3.65. The summed E-state index contributed by atoms with van der Waals surface area (Å²) in [6.07, 6.45) is -0.734. The fourth-order valence-corrected chi connectivity index (χ4v) is 3.11. The maximum Gasteiger partial charge on any atom is 0.161 e. The molecule has 0 fully saturated rings. The van der Waals surface area contributed by atoms with Crippen LogP contribution in [0.15, 0.2) is 35.4 Å². The van der Waals surface area contributed by atoms with Gasteiger partial charge in [-0.2, -0.15) is 5.26 Å². The van der Waals surface area contributed by atoms with Crippen LogP contribution in [-0.2, 0) is 0 Å². The molecule has 1 N–H and O–H groups in total. The number of nitrogens with zero attached hydrogens (tertiary/aromatic N) is 2. The second-order valence-corrected chi connectivity index (χ2v) is 6.82. The van der Waals surface area contributed by atoms with Crippen LogP contribution in [0.25, 0.3) is 0 Å². The third-order valence-corrected chi connectivity index (χ3v) is 4.73. The van der Waals surface area contributed by atoms with Gasteiger partial charge in [0.05, 0.1) is 11.7 Å². The lowest BCUT2D eigenvalue weighted by Gasteiger charge is -2.13.